The number of halogens is 1. The van der Waals surface area contributed by atoms with E-state index < -0.39 is 15.9 Å². The highest BCUT2D eigenvalue weighted by Crippen LogP contribution is 2.25. The van der Waals surface area contributed by atoms with E-state index in [0.29, 0.717) is 41.2 Å². The largest absolute Gasteiger partial charge is 0.326 e. The maximum atomic E-state index is 12.9. The summed E-state index contributed by atoms with van der Waals surface area (Å²) in [6.45, 7) is 1.98. The smallest absolute Gasteiger partial charge is 0.228 e. The Bertz CT molecular complexity index is 1020. The molecular weight excluding hydrogens is 412 g/mol. The van der Waals surface area contributed by atoms with Gasteiger partial charge in [-0.25, -0.2) is 12.7 Å². The number of carbonyl (C=O) groups is 2. The highest BCUT2D eigenvalue weighted by Gasteiger charge is 2.32. The first-order chi connectivity index (χ1) is 13.8. The molecule has 154 valence electrons. The van der Waals surface area contributed by atoms with Gasteiger partial charge in [0.05, 0.1) is 11.7 Å². The number of benzene rings is 2. The third kappa shape index (κ3) is 5.44. The molecule has 3 rings (SSSR count). The SMILES string of the molecule is CC(=O)c1cccc(NC(=O)[C@@H]2CCCN(S(=O)(=O)Cc3ccccc3Cl)C2)c1. The van der Waals surface area contributed by atoms with Crippen molar-refractivity contribution >= 4 is 39.0 Å². The van der Waals surface area contributed by atoms with Crippen molar-refractivity contribution < 1.29 is 18.0 Å². The maximum absolute atomic E-state index is 12.9. The van der Waals surface area contributed by atoms with E-state index in [9.17, 15) is 18.0 Å². The molecule has 8 heteroatoms. The monoisotopic (exact) mass is 434 g/mol. The van der Waals surface area contributed by atoms with Crippen LogP contribution in [-0.2, 0) is 20.6 Å². The van der Waals surface area contributed by atoms with Gasteiger partial charge in [-0.2, -0.15) is 0 Å². The molecule has 1 amide bonds. The minimum atomic E-state index is -3.59. The minimum Gasteiger partial charge on any atom is -0.326 e. The summed E-state index contributed by atoms with van der Waals surface area (Å²) in [7, 11) is -3.59. The molecule has 0 saturated carbocycles. The zero-order valence-electron chi connectivity index (χ0n) is 16.1. The molecule has 1 aliphatic rings. The number of sulfonamides is 1. The van der Waals surface area contributed by atoms with Crippen molar-refractivity contribution in [2.75, 3.05) is 18.4 Å². The molecule has 6 nitrogen and oxygen atoms in total. The highest BCUT2D eigenvalue weighted by molar-refractivity contribution is 7.88. The van der Waals surface area contributed by atoms with Crippen molar-refractivity contribution in [3.63, 3.8) is 0 Å². The molecule has 1 heterocycles. The standard InChI is InChI=1S/C21H23ClN2O4S/c1-15(25)16-7-4-9-19(12-16)23-21(26)17-8-5-11-24(13-17)29(27,28)14-18-6-2-3-10-20(18)22/h2-4,6-7,9-10,12,17H,5,8,11,13-14H2,1H3,(H,23,26)/t17-/m1/s1. The third-order valence-electron chi connectivity index (χ3n) is 4.98. The molecule has 29 heavy (non-hydrogen) atoms. The maximum Gasteiger partial charge on any atom is 0.228 e. The van der Waals surface area contributed by atoms with Crippen LogP contribution in [-0.4, -0.2) is 37.5 Å². The van der Waals surface area contributed by atoms with E-state index in [1.54, 1.807) is 48.5 Å². The van der Waals surface area contributed by atoms with E-state index in [2.05, 4.69) is 5.32 Å². The molecule has 0 radical (unpaired) electrons. The summed E-state index contributed by atoms with van der Waals surface area (Å²) in [5.41, 5.74) is 1.58. The zero-order valence-corrected chi connectivity index (χ0v) is 17.7. The fourth-order valence-corrected chi connectivity index (χ4v) is 5.30. The number of hydrogen-bond acceptors (Lipinski definition) is 4. The number of nitrogens with zero attached hydrogens (tertiary/aromatic N) is 1. The average molecular weight is 435 g/mol. The first-order valence-corrected chi connectivity index (χ1v) is 11.4. The number of rotatable bonds is 6. The Morgan fingerprint density at radius 1 is 1.17 bits per heavy atom. The van der Waals surface area contributed by atoms with E-state index in [1.165, 1.54) is 11.2 Å². The van der Waals surface area contributed by atoms with Crippen molar-refractivity contribution in [1.82, 2.24) is 4.31 Å². The summed E-state index contributed by atoms with van der Waals surface area (Å²) in [5, 5.41) is 3.21. The van der Waals surface area contributed by atoms with Gasteiger partial charge in [-0.15, -0.1) is 0 Å². The fraction of sp³-hybridized carbons (Fsp3) is 0.333. The first kappa shape index (κ1) is 21.5. The topological polar surface area (TPSA) is 83.6 Å². The number of nitrogens with one attached hydrogen (secondary N) is 1. The number of carbonyl (C=O) groups excluding carboxylic acids is 2. The molecule has 0 spiro atoms. The number of Topliss-reactive ketones (excluding diaryl/α,β-unsaturated/α-hetero) is 1. The van der Waals surface area contributed by atoms with Crippen LogP contribution in [0.1, 0.15) is 35.7 Å². The number of amides is 1. The predicted octanol–water partition coefficient (Wildman–Crippen LogP) is 3.72. The fourth-order valence-electron chi connectivity index (χ4n) is 3.37. The summed E-state index contributed by atoms with van der Waals surface area (Å²) in [6.07, 6.45) is 1.21. The number of piperidine rings is 1. The molecule has 2 aromatic carbocycles. The summed E-state index contributed by atoms with van der Waals surface area (Å²) in [4.78, 5) is 24.2. The Labute approximate surface area is 175 Å². The molecule has 1 saturated heterocycles. The van der Waals surface area contributed by atoms with E-state index >= 15 is 0 Å². The summed E-state index contributed by atoms with van der Waals surface area (Å²) in [6, 6.07) is 13.6. The van der Waals surface area contributed by atoms with Crippen LogP contribution in [0.15, 0.2) is 48.5 Å². The second kappa shape index (κ2) is 9.07. The van der Waals surface area contributed by atoms with Gasteiger partial charge in [0.15, 0.2) is 5.78 Å². The van der Waals surface area contributed by atoms with Gasteiger partial charge in [-0.3, -0.25) is 9.59 Å². The Morgan fingerprint density at radius 3 is 2.66 bits per heavy atom. The molecule has 0 bridgehead atoms. The van der Waals surface area contributed by atoms with Gasteiger partial charge in [0.2, 0.25) is 15.9 Å². The summed E-state index contributed by atoms with van der Waals surface area (Å²) >= 11 is 6.10. The molecule has 1 atom stereocenters. The lowest BCUT2D eigenvalue weighted by atomic mass is 9.98. The molecule has 0 aliphatic carbocycles. The van der Waals surface area contributed by atoms with Gasteiger partial charge >= 0.3 is 0 Å². The van der Waals surface area contributed by atoms with Crippen LogP contribution in [0.25, 0.3) is 0 Å². The van der Waals surface area contributed by atoms with Crippen LogP contribution in [0.2, 0.25) is 5.02 Å². The van der Waals surface area contributed by atoms with Crippen LogP contribution in [0, 0.1) is 5.92 Å². The van der Waals surface area contributed by atoms with Crippen molar-refractivity contribution in [3.05, 3.63) is 64.7 Å². The highest BCUT2D eigenvalue weighted by atomic mass is 35.5. The number of anilines is 1. The second-order valence-corrected chi connectivity index (χ2v) is 9.55. The van der Waals surface area contributed by atoms with E-state index in [4.69, 9.17) is 11.6 Å². The van der Waals surface area contributed by atoms with Crippen LogP contribution >= 0.6 is 11.6 Å². The van der Waals surface area contributed by atoms with E-state index in [1.807, 2.05) is 0 Å². The van der Waals surface area contributed by atoms with Crippen LogP contribution in [0.3, 0.4) is 0 Å². The molecule has 0 aromatic heterocycles. The van der Waals surface area contributed by atoms with Crippen LogP contribution < -0.4 is 5.32 Å². The van der Waals surface area contributed by atoms with Crippen LogP contribution in [0.4, 0.5) is 5.69 Å². The Hall–Kier alpha value is -2.22. The van der Waals surface area contributed by atoms with Gasteiger partial charge in [-0.05, 0) is 43.5 Å². The molecular formula is C21H23ClN2O4S. The van der Waals surface area contributed by atoms with Gasteiger partial charge in [0, 0.05) is 29.4 Å². The predicted molar refractivity (Wildman–Crippen MR) is 113 cm³/mol. The number of ketones is 1. The van der Waals surface area contributed by atoms with Gasteiger partial charge in [0.1, 0.15) is 0 Å². The Balaban J connectivity index is 1.68. The lowest BCUT2D eigenvalue weighted by Gasteiger charge is -2.31. The van der Waals surface area contributed by atoms with Gasteiger partial charge < -0.3 is 5.32 Å². The summed E-state index contributed by atoms with van der Waals surface area (Å²) < 4.78 is 27.1. The second-order valence-electron chi connectivity index (χ2n) is 7.17. The Kier molecular flexibility index (Phi) is 6.72. The van der Waals surface area contributed by atoms with Crippen molar-refractivity contribution in [1.29, 1.82) is 0 Å². The Morgan fingerprint density at radius 2 is 1.93 bits per heavy atom. The minimum absolute atomic E-state index is 0.0874. The van der Waals surface area contributed by atoms with E-state index in [-0.39, 0.29) is 24.0 Å². The van der Waals surface area contributed by atoms with Gasteiger partial charge in [0.25, 0.3) is 0 Å². The molecule has 1 fully saturated rings. The van der Waals surface area contributed by atoms with E-state index in [0.717, 1.165) is 0 Å². The van der Waals surface area contributed by atoms with Crippen LogP contribution in [0.5, 0.6) is 0 Å². The molecule has 1 N–H and O–H groups in total. The third-order valence-corrected chi connectivity index (χ3v) is 7.14. The lowest BCUT2D eigenvalue weighted by molar-refractivity contribution is -0.120. The molecule has 0 unspecified atom stereocenters. The lowest BCUT2D eigenvalue weighted by Crippen LogP contribution is -2.44. The quantitative estimate of drug-likeness (QED) is 0.702. The van der Waals surface area contributed by atoms with Crippen molar-refractivity contribution in [3.8, 4) is 0 Å². The summed E-state index contributed by atoms with van der Waals surface area (Å²) in [5.74, 6) is -0.980. The number of hydrogen-bond donors (Lipinski definition) is 1. The van der Waals surface area contributed by atoms with Gasteiger partial charge in [-0.1, -0.05) is 41.9 Å². The van der Waals surface area contributed by atoms with Crippen molar-refractivity contribution in [2.24, 2.45) is 5.92 Å². The zero-order chi connectivity index (χ0) is 21.0. The normalized spacial score (nSPS) is 17.7. The molecule has 1 aliphatic heterocycles. The average Bonchev–Trinajstić information content (AvgIpc) is 2.70. The molecule has 2 aromatic rings. The first-order valence-electron chi connectivity index (χ1n) is 9.39. The van der Waals surface area contributed by atoms with Crippen molar-refractivity contribution in [2.45, 2.75) is 25.5 Å².